The van der Waals surface area contributed by atoms with E-state index in [-0.39, 0.29) is 28.2 Å². The van der Waals surface area contributed by atoms with Crippen LogP contribution in [0.4, 0.5) is 29.2 Å². The Hall–Kier alpha value is -3.24. The maximum atomic E-state index is 13.2. The van der Waals surface area contributed by atoms with Crippen LogP contribution in [-0.4, -0.2) is 31.8 Å². The fourth-order valence-electron chi connectivity index (χ4n) is 2.18. The highest BCUT2D eigenvalue weighted by molar-refractivity contribution is 5.97. The van der Waals surface area contributed by atoms with E-state index >= 15 is 0 Å². The first kappa shape index (κ1) is 16.6. The van der Waals surface area contributed by atoms with Crippen molar-refractivity contribution in [1.82, 2.24) is 19.7 Å². The van der Waals surface area contributed by atoms with E-state index in [0.717, 1.165) is 24.4 Å². The Balaban J connectivity index is 2.10. The normalized spacial score (nSPS) is 11.7. The molecule has 3 aromatic rings. The van der Waals surface area contributed by atoms with Crippen molar-refractivity contribution in [2.45, 2.75) is 12.7 Å². The average Bonchev–Trinajstić information content (AvgIpc) is 2.82. The number of aromatic nitrogens is 4. The molecule has 130 valence electrons. The van der Waals surface area contributed by atoms with Crippen LogP contribution in [0.25, 0.3) is 10.9 Å². The summed E-state index contributed by atoms with van der Waals surface area (Å²) >= 11 is 0. The summed E-state index contributed by atoms with van der Waals surface area (Å²) in [6.45, 7) is -1.38. The molecule has 0 spiro atoms. The lowest BCUT2D eigenvalue weighted by molar-refractivity contribution is -0.141. The molecule has 0 saturated heterocycles. The van der Waals surface area contributed by atoms with Crippen LogP contribution in [0.15, 0.2) is 30.6 Å². The van der Waals surface area contributed by atoms with Gasteiger partial charge in [-0.3, -0.25) is 14.5 Å². The van der Waals surface area contributed by atoms with Crippen LogP contribution in [-0.2, 0) is 6.54 Å². The second-order valence-corrected chi connectivity index (χ2v) is 5.06. The molecule has 0 aliphatic heterocycles. The number of nitrogens with zero attached hydrogens (tertiary/aromatic N) is 4. The van der Waals surface area contributed by atoms with Crippen molar-refractivity contribution in [2.24, 2.45) is 5.73 Å². The number of carbonyl (C=O) groups excluding carboxylic acids is 1. The van der Waals surface area contributed by atoms with Gasteiger partial charge in [0.15, 0.2) is 5.82 Å². The molecule has 3 rings (SSSR count). The van der Waals surface area contributed by atoms with Gasteiger partial charge in [-0.25, -0.2) is 9.37 Å². The van der Waals surface area contributed by atoms with Crippen molar-refractivity contribution >= 4 is 28.4 Å². The lowest BCUT2D eigenvalue weighted by atomic mass is 10.2. The molecule has 1 amide bonds. The molecule has 3 N–H and O–H groups in total. The van der Waals surface area contributed by atoms with Crippen molar-refractivity contribution in [3.63, 3.8) is 0 Å². The first-order valence-corrected chi connectivity index (χ1v) is 6.84. The minimum Gasteiger partial charge on any atom is -0.364 e. The molecular formula is C14H10F4N6O. The molecule has 0 saturated carbocycles. The highest BCUT2D eigenvalue weighted by Crippen LogP contribution is 2.28. The Morgan fingerprint density at radius 3 is 2.68 bits per heavy atom. The predicted octanol–water partition coefficient (Wildman–Crippen LogP) is 2.37. The molecule has 0 unspecified atom stereocenters. The lowest BCUT2D eigenvalue weighted by Gasteiger charge is -2.07. The molecule has 3 heterocycles. The van der Waals surface area contributed by atoms with Crippen molar-refractivity contribution in [1.29, 1.82) is 0 Å². The number of anilines is 2. The van der Waals surface area contributed by atoms with Gasteiger partial charge in [-0.05, 0) is 12.1 Å². The second kappa shape index (κ2) is 6.00. The number of halogens is 4. The van der Waals surface area contributed by atoms with Gasteiger partial charge in [0.2, 0.25) is 0 Å². The monoisotopic (exact) mass is 354 g/mol. The van der Waals surface area contributed by atoms with Gasteiger partial charge in [-0.1, -0.05) is 0 Å². The van der Waals surface area contributed by atoms with Crippen molar-refractivity contribution in [3.8, 4) is 0 Å². The number of alkyl halides is 3. The number of amides is 1. The number of pyridine rings is 2. The Morgan fingerprint density at radius 1 is 1.28 bits per heavy atom. The van der Waals surface area contributed by atoms with Gasteiger partial charge in [0.25, 0.3) is 5.91 Å². The van der Waals surface area contributed by atoms with Crippen LogP contribution in [0.5, 0.6) is 0 Å². The summed E-state index contributed by atoms with van der Waals surface area (Å²) in [4.78, 5) is 18.9. The SMILES string of the molecule is NC(=O)c1cc2c(cn1)c(Nc1cc(F)ccn1)nn2CC(F)(F)F. The van der Waals surface area contributed by atoms with Crippen LogP contribution in [0.3, 0.4) is 0 Å². The van der Waals surface area contributed by atoms with Gasteiger partial charge < -0.3 is 11.1 Å². The molecule has 0 aromatic carbocycles. The van der Waals surface area contributed by atoms with Gasteiger partial charge in [0, 0.05) is 18.5 Å². The van der Waals surface area contributed by atoms with E-state index < -0.39 is 24.4 Å². The van der Waals surface area contributed by atoms with E-state index in [9.17, 15) is 22.4 Å². The van der Waals surface area contributed by atoms with Crippen molar-refractivity contribution in [3.05, 3.63) is 42.1 Å². The Morgan fingerprint density at radius 2 is 2.04 bits per heavy atom. The molecular weight excluding hydrogens is 344 g/mol. The van der Waals surface area contributed by atoms with Crippen LogP contribution in [0.2, 0.25) is 0 Å². The minimum absolute atomic E-state index is 0.0000260. The summed E-state index contributed by atoms with van der Waals surface area (Å²) in [5, 5.41) is 6.66. The van der Waals surface area contributed by atoms with E-state index in [1.807, 2.05) is 0 Å². The number of hydrogen-bond acceptors (Lipinski definition) is 5. The zero-order valence-corrected chi connectivity index (χ0v) is 12.4. The zero-order chi connectivity index (χ0) is 18.2. The standard InChI is InChI=1S/C14H10F4N6O/c15-7-1-2-20-11(3-7)22-13-8-5-21-9(12(19)25)4-10(8)24(23-13)6-14(16,17)18/h1-5H,6H2,(H2,19,25)(H,20,22,23). The molecule has 0 radical (unpaired) electrons. The molecule has 0 bridgehead atoms. The number of nitrogens with one attached hydrogen (secondary N) is 1. The molecule has 3 aromatic heterocycles. The largest absolute Gasteiger partial charge is 0.408 e. The number of rotatable bonds is 4. The Labute approximate surface area is 137 Å². The molecule has 0 fully saturated rings. The van der Waals surface area contributed by atoms with Gasteiger partial charge in [0.05, 0.1) is 10.9 Å². The fourth-order valence-corrected chi connectivity index (χ4v) is 2.18. The summed E-state index contributed by atoms with van der Waals surface area (Å²) in [7, 11) is 0. The number of nitrogens with two attached hydrogens (primary N) is 1. The summed E-state index contributed by atoms with van der Waals surface area (Å²) in [5.74, 6) is -1.42. The van der Waals surface area contributed by atoms with E-state index in [4.69, 9.17) is 5.73 Å². The van der Waals surface area contributed by atoms with E-state index in [2.05, 4.69) is 20.4 Å². The van der Waals surface area contributed by atoms with Crippen LogP contribution >= 0.6 is 0 Å². The summed E-state index contributed by atoms with van der Waals surface area (Å²) in [5.41, 5.74) is 4.91. The molecule has 0 aliphatic rings. The maximum Gasteiger partial charge on any atom is 0.408 e. The third-order valence-electron chi connectivity index (χ3n) is 3.19. The van der Waals surface area contributed by atoms with E-state index in [1.165, 1.54) is 6.20 Å². The highest BCUT2D eigenvalue weighted by Gasteiger charge is 2.30. The summed E-state index contributed by atoms with van der Waals surface area (Å²) < 4.78 is 52.2. The third-order valence-corrected chi connectivity index (χ3v) is 3.19. The average molecular weight is 354 g/mol. The topological polar surface area (TPSA) is 98.7 Å². The van der Waals surface area contributed by atoms with E-state index in [0.29, 0.717) is 4.68 Å². The molecule has 0 atom stereocenters. The predicted molar refractivity (Wildman–Crippen MR) is 79.6 cm³/mol. The smallest absolute Gasteiger partial charge is 0.364 e. The molecule has 25 heavy (non-hydrogen) atoms. The number of carbonyl (C=O) groups is 1. The first-order chi connectivity index (χ1) is 11.7. The van der Waals surface area contributed by atoms with Crippen LogP contribution in [0.1, 0.15) is 10.5 Å². The summed E-state index contributed by atoms with van der Waals surface area (Å²) in [6, 6.07) is 3.28. The zero-order valence-electron chi connectivity index (χ0n) is 12.4. The van der Waals surface area contributed by atoms with Crippen LogP contribution in [0, 0.1) is 5.82 Å². The number of hydrogen-bond donors (Lipinski definition) is 2. The maximum absolute atomic E-state index is 13.2. The van der Waals surface area contributed by atoms with E-state index in [1.54, 1.807) is 0 Å². The quantitative estimate of drug-likeness (QED) is 0.701. The van der Waals surface area contributed by atoms with Crippen molar-refractivity contribution < 1.29 is 22.4 Å². The summed E-state index contributed by atoms with van der Waals surface area (Å²) in [6.07, 6.45) is -2.18. The molecule has 11 heteroatoms. The number of primary amides is 1. The highest BCUT2D eigenvalue weighted by atomic mass is 19.4. The molecule has 0 aliphatic carbocycles. The van der Waals surface area contributed by atoms with Crippen LogP contribution < -0.4 is 11.1 Å². The molecule has 7 nitrogen and oxygen atoms in total. The first-order valence-electron chi connectivity index (χ1n) is 6.84. The second-order valence-electron chi connectivity index (χ2n) is 5.06. The fraction of sp³-hybridized carbons (Fsp3) is 0.143. The van der Waals surface area contributed by atoms with Gasteiger partial charge in [0.1, 0.15) is 23.9 Å². The van der Waals surface area contributed by atoms with Gasteiger partial charge >= 0.3 is 6.18 Å². The third kappa shape index (κ3) is 3.65. The Kier molecular flexibility index (Phi) is 3.99. The number of fused-ring (bicyclic) bond motifs is 1. The Bertz CT molecular complexity index is 952. The van der Waals surface area contributed by atoms with Crippen molar-refractivity contribution in [2.75, 3.05) is 5.32 Å². The van der Waals surface area contributed by atoms with Gasteiger partial charge in [-0.15, -0.1) is 0 Å². The lowest BCUT2D eigenvalue weighted by Crippen LogP contribution is -2.19. The minimum atomic E-state index is -4.54. The van der Waals surface area contributed by atoms with Gasteiger partial charge in [-0.2, -0.15) is 18.3 Å².